The Labute approximate surface area is 268 Å². The van der Waals surface area contributed by atoms with Crippen molar-refractivity contribution >= 4 is 54.4 Å². The average molecular weight is 601 g/mol. The molecule has 0 fully saturated rings. The molecule has 0 amide bonds. The lowest BCUT2D eigenvalue weighted by Crippen LogP contribution is -2.11. The van der Waals surface area contributed by atoms with E-state index in [1.165, 1.54) is 27.5 Å². The van der Waals surface area contributed by atoms with Gasteiger partial charge in [0.1, 0.15) is 17.3 Å². The summed E-state index contributed by atoms with van der Waals surface area (Å²) in [5.74, 6) is 2.86. The van der Waals surface area contributed by atoms with Crippen LogP contribution in [0.4, 0.5) is 0 Å². The van der Waals surface area contributed by atoms with Crippen LogP contribution in [0.15, 0.2) is 104 Å². The summed E-state index contributed by atoms with van der Waals surface area (Å²) in [6, 6.07) is 29.8. The summed E-state index contributed by atoms with van der Waals surface area (Å²) in [4.78, 5) is 14.6. The Morgan fingerprint density at radius 3 is 2.24 bits per heavy atom. The number of pyridine rings is 3. The first-order chi connectivity index (χ1) is 22.2. The van der Waals surface area contributed by atoms with Crippen molar-refractivity contribution in [2.24, 2.45) is 0 Å². The summed E-state index contributed by atoms with van der Waals surface area (Å²) in [7, 11) is 0. The van der Waals surface area contributed by atoms with E-state index in [4.69, 9.17) is 19.7 Å². The van der Waals surface area contributed by atoms with E-state index in [0.29, 0.717) is 5.92 Å². The van der Waals surface area contributed by atoms with Crippen LogP contribution >= 0.6 is 0 Å². The van der Waals surface area contributed by atoms with E-state index in [1.807, 2.05) is 24.7 Å². The van der Waals surface area contributed by atoms with Crippen molar-refractivity contribution in [3.05, 3.63) is 120 Å². The molecule has 0 saturated heterocycles. The summed E-state index contributed by atoms with van der Waals surface area (Å²) < 4.78 is 8.87. The van der Waals surface area contributed by atoms with Crippen LogP contribution < -0.4 is 4.74 Å². The van der Waals surface area contributed by atoms with Gasteiger partial charge in [-0.05, 0) is 88.2 Å². The summed E-state index contributed by atoms with van der Waals surface area (Å²) in [6.07, 6.45) is 5.93. The fourth-order valence-corrected chi connectivity index (χ4v) is 6.71. The molecule has 8 aromatic rings. The van der Waals surface area contributed by atoms with Crippen LogP contribution in [0.3, 0.4) is 0 Å². The highest BCUT2D eigenvalue weighted by atomic mass is 16.5. The number of aromatic nitrogens is 4. The normalized spacial score (nSPS) is 12.3. The van der Waals surface area contributed by atoms with Crippen molar-refractivity contribution in [2.45, 2.75) is 52.9 Å². The van der Waals surface area contributed by atoms with Crippen molar-refractivity contribution in [1.29, 1.82) is 0 Å². The molecule has 0 unspecified atom stereocenters. The molecule has 4 aromatic carbocycles. The smallest absolute Gasteiger partial charge is 0.137 e. The fourth-order valence-electron chi connectivity index (χ4n) is 6.71. The number of aryl methyl sites for hydroxylation is 1. The quantitative estimate of drug-likeness (QED) is 0.189. The number of hydrogen-bond acceptors (Lipinski definition) is 4. The Balaban J connectivity index is 1.27. The van der Waals surface area contributed by atoms with Gasteiger partial charge < -0.3 is 4.74 Å². The Kier molecular flexibility index (Phi) is 6.36. The lowest BCUT2D eigenvalue weighted by molar-refractivity contribution is 0.484. The number of hydrogen-bond donors (Lipinski definition) is 0. The summed E-state index contributed by atoms with van der Waals surface area (Å²) >= 11 is 0. The second kappa shape index (κ2) is 10.4. The highest BCUT2D eigenvalue weighted by Crippen LogP contribution is 2.38. The molecule has 0 saturated carbocycles. The Morgan fingerprint density at radius 2 is 1.41 bits per heavy atom. The second-order valence-corrected chi connectivity index (χ2v) is 13.7. The lowest BCUT2D eigenvalue weighted by Gasteiger charge is -2.19. The maximum Gasteiger partial charge on any atom is 0.137 e. The third-order valence-corrected chi connectivity index (χ3v) is 9.20. The molecular weight excluding hydrogens is 564 g/mol. The molecule has 0 aliphatic rings. The van der Waals surface area contributed by atoms with Crippen LogP contribution in [0.5, 0.6) is 11.5 Å². The van der Waals surface area contributed by atoms with Crippen molar-refractivity contribution in [2.75, 3.05) is 0 Å². The molecule has 4 heterocycles. The number of nitrogens with zero attached hydrogens (tertiary/aromatic N) is 4. The number of para-hydroxylation sites is 1. The molecule has 5 nitrogen and oxygen atoms in total. The Bertz CT molecular complexity index is 2480. The van der Waals surface area contributed by atoms with Crippen LogP contribution in [0, 0.1) is 6.92 Å². The van der Waals surface area contributed by atoms with Crippen molar-refractivity contribution in [3.8, 4) is 17.3 Å². The molecule has 0 bridgehead atoms. The van der Waals surface area contributed by atoms with E-state index in [1.54, 1.807) is 0 Å². The molecule has 4 aromatic heterocycles. The van der Waals surface area contributed by atoms with E-state index in [-0.39, 0.29) is 5.41 Å². The SMILES string of the molecule is Cc1cnc(-n2c3ccccc3c3ccc(Oc4ccc5ccc6cnc7cc(C(C)(C)C)cnc7c6c5c4)cc32)cc1C(C)C. The van der Waals surface area contributed by atoms with E-state index in [2.05, 4.69) is 125 Å². The highest BCUT2D eigenvalue weighted by Gasteiger charge is 2.18. The predicted molar refractivity (Wildman–Crippen MR) is 191 cm³/mol. The molecule has 46 heavy (non-hydrogen) atoms. The molecule has 5 heteroatoms. The molecule has 226 valence electrons. The zero-order valence-electron chi connectivity index (χ0n) is 27.1. The standard InChI is InChI=1S/C41H36N4O/c1-24(2)33-20-38(43-21-25(33)3)45-36-10-8-7-9-31(36)32-16-15-30(19-37(32)45)46-29-14-13-26-11-12-27-22-42-35-17-28(41(4,5)6)23-44-40(35)39(27)34(26)18-29/h7-24H,1-6H3. The van der Waals surface area contributed by atoms with Crippen LogP contribution in [-0.2, 0) is 5.41 Å². The summed E-state index contributed by atoms with van der Waals surface area (Å²) in [5.41, 5.74) is 7.68. The minimum Gasteiger partial charge on any atom is -0.457 e. The number of benzene rings is 4. The lowest BCUT2D eigenvalue weighted by atomic mass is 9.88. The predicted octanol–water partition coefficient (Wildman–Crippen LogP) is 10.9. The molecule has 0 N–H and O–H groups in total. The maximum absolute atomic E-state index is 6.62. The molecular formula is C41H36N4O. The fraction of sp³-hybridized carbons (Fsp3) is 0.195. The van der Waals surface area contributed by atoms with E-state index in [0.717, 1.165) is 60.9 Å². The first-order valence-corrected chi connectivity index (χ1v) is 16.0. The third-order valence-electron chi connectivity index (χ3n) is 9.20. The second-order valence-electron chi connectivity index (χ2n) is 13.7. The monoisotopic (exact) mass is 600 g/mol. The first kappa shape index (κ1) is 28.2. The van der Waals surface area contributed by atoms with Crippen LogP contribution in [0.1, 0.15) is 57.2 Å². The van der Waals surface area contributed by atoms with Gasteiger partial charge in [0.2, 0.25) is 0 Å². The van der Waals surface area contributed by atoms with E-state index < -0.39 is 0 Å². The zero-order valence-corrected chi connectivity index (χ0v) is 27.1. The van der Waals surface area contributed by atoms with Gasteiger partial charge in [-0.2, -0.15) is 0 Å². The molecule has 0 aliphatic heterocycles. The van der Waals surface area contributed by atoms with Gasteiger partial charge in [0.15, 0.2) is 0 Å². The first-order valence-electron chi connectivity index (χ1n) is 16.0. The van der Waals surface area contributed by atoms with Gasteiger partial charge in [-0.25, -0.2) is 4.98 Å². The largest absolute Gasteiger partial charge is 0.457 e. The van der Waals surface area contributed by atoms with Crippen LogP contribution in [-0.4, -0.2) is 19.5 Å². The van der Waals surface area contributed by atoms with Crippen molar-refractivity contribution in [1.82, 2.24) is 19.5 Å². The van der Waals surface area contributed by atoms with Crippen LogP contribution in [0.25, 0.3) is 60.2 Å². The maximum atomic E-state index is 6.62. The zero-order chi connectivity index (χ0) is 31.7. The summed E-state index contributed by atoms with van der Waals surface area (Å²) in [6.45, 7) is 13.2. The molecule has 8 rings (SSSR count). The van der Waals surface area contributed by atoms with Gasteiger partial charge in [0, 0.05) is 46.2 Å². The van der Waals surface area contributed by atoms with E-state index >= 15 is 0 Å². The Morgan fingerprint density at radius 1 is 0.674 bits per heavy atom. The van der Waals surface area contributed by atoms with Gasteiger partial charge >= 0.3 is 0 Å². The van der Waals surface area contributed by atoms with Gasteiger partial charge in [0.25, 0.3) is 0 Å². The molecule has 0 spiro atoms. The van der Waals surface area contributed by atoms with E-state index in [9.17, 15) is 0 Å². The van der Waals surface area contributed by atoms with Gasteiger partial charge in [-0.3, -0.25) is 14.5 Å². The van der Waals surface area contributed by atoms with Gasteiger partial charge in [-0.1, -0.05) is 71.0 Å². The minimum absolute atomic E-state index is 0.00334. The highest BCUT2D eigenvalue weighted by molar-refractivity contribution is 6.18. The van der Waals surface area contributed by atoms with Crippen molar-refractivity contribution < 1.29 is 4.74 Å². The topological polar surface area (TPSA) is 52.8 Å². The van der Waals surface area contributed by atoms with Crippen molar-refractivity contribution in [3.63, 3.8) is 0 Å². The number of fused-ring (bicyclic) bond motifs is 8. The number of ether oxygens (including phenoxy) is 1. The minimum atomic E-state index is -0.00334. The van der Waals surface area contributed by atoms with Gasteiger partial charge in [0.05, 0.1) is 22.1 Å². The molecule has 0 aliphatic carbocycles. The van der Waals surface area contributed by atoms with Gasteiger partial charge in [-0.15, -0.1) is 0 Å². The van der Waals surface area contributed by atoms with Crippen LogP contribution in [0.2, 0.25) is 0 Å². The Hall–Kier alpha value is -5.29. The molecule has 0 radical (unpaired) electrons. The third kappa shape index (κ3) is 4.57. The molecule has 0 atom stereocenters. The average Bonchev–Trinajstić information content (AvgIpc) is 3.37. The number of rotatable bonds is 4. The summed E-state index contributed by atoms with van der Waals surface area (Å²) in [5, 5.41) is 6.74.